The van der Waals surface area contributed by atoms with Crippen LogP contribution in [0.2, 0.25) is 0 Å². The van der Waals surface area contributed by atoms with Crippen LogP contribution in [0, 0.1) is 11.3 Å². The fraction of sp³-hybridized carbons (Fsp3) is 0.217. The van der Waals surface area contributed by atoms with Gasteiger partial charge in [-0.1, -0.05) is 30.3 Å². The zero-order valence-corrected chi connectivity index (χ0v) is 17.2. The Hall–Kier alpha value is -3.50. The molecule has 30 heavy (non-hydrogen) atoms. The number of fused-ring (bicyclic) bond motifs is 1. The normalized spacial score (nSPS) is 10.8. The van der Waals surface area contributed by atoms with Gasteiger partial charge >= 0.3 is 0 Å². The van der Waals surface area contributed by atoms with Gasteiger partial charge in [0, 0.05) is 18.3 Å². The molecule has 4 aromatic rings. The highest BCUT2D eigenvalue weighted by atomic mass is 32.1. The van der Waals surface area contributed by atoms with Crippen LogP contribution in [0.1, 0.15) is 45.3 Å². The number of amides is 1. The number of nitrogens with one attached hydrogen (secondary N) is 2. The van der Waals surface area contributed by atoms with Crippen LogP contribution in [0.5, 0.6) is 0 Å². The van der Waals surface area contributed by atoms with E-state index in [0.29, 0.717) is 17.8 Å². The third kappa shape index (κ3) is 4.73. The number of unbranched alkanes of at least 4 members (excludes halogenated alkanes) is 1. The van der Waals surface area contributed by atoms with Crippen molar-refractivity contribution in [2.45, 2.75) is 32.2 Å². The Labute approximate surface area is 178 Å². The second-order valence-electron chi connectivity index (χ2n) is 6.99. The van der Waals surface area contributed by atoms with Crippen molar-refractivity contribution in [1.82, 2.24) is 20.3 Å². The molecule has 0 spiro atoms. The lowest BCUT2D eigenvalue weighted by Crippen LogP contribution is -2.23. The Bertz CT molecular complexity index is 1170. The molecule has 0 atom stereocenters. The summed E-state index contributed by atoms with van der Waals surface area (Å²) in [4.78, 5) is 24.8. The van der Waals surface area contributed by atoms with Crippen LogP contribution < -0.4 is 5.32 Å². The van der Waals surface area contributed by atoms with Crippen molar-refractivity contribution in [3.63, 3.8) is 0 Å². The Morgan fingerprint density at radius 3 is 2.73 bits per heavy atom. The average Bonchev–Trinajstić information content (AvgIpc) is 3.42. The molecule has 7 heteroatoms. The highest BCUT2D eigenvalue weighted by molar-refractivity contribution is 7.09. The third-order valence-corrected chi connectivity index (χ3v) is 5.76. The number of hydrogen-bond acceptors (Lipinski definition) is 5. The number of aromatic nitrogens is 3. The van der Waals surface area contributed by atoms with Gasteiger partial charge in [-0.15, -0.1) is 11.3 Å². The molecular weight excluding hydrogens is 394 g/mol. The maximum atomic E-state index is 12.4. The second-order valence-corrected chi connectivity index (χ2v) is 7.93. The first-order valence-electron chi connectivity index (χ1n) is 9.87. The minimum Gasteiger partial charge on any atom is -0.347 e. The number of aryl methyl sites for hydroxylation is 2. The van der Waals surface area contributed by atoms with Gasteiger partial charge in [0.1, 0.15) is 11.5 Å². The van der Waals surface area contributed by atoms with Gasteiger partial charge in [0.2, 0.25) is 0 Å². The summed E-state index contributed by atoms with van der Waals surface area (Å²) < 4.78 is 0. The summed E-state index contributed by atoms with van der Waals surface area (Å²) in [5.41, 5.74) is 3.87. The zero-order chi connectivity index (χ0) is 20.8. The van der Waals surface area contributed by atoms with E-state index in [4.69, 9.17) is 5.26 Å². The lowest BCUT2D eigenvalue weighted by Gasteiger charge is -2.05. The number of nitrogens with zero attached hydrogens (tertiary/aromatic N) is 3. The number of rotatable bonds is 8. The molecule has 4 rings (SSSR count). The van der Waals surface area contributed by atoms with Crippen molar-refractivity contribution in [3.05, 3.63) is 81.6 Å². The van der Waals surface area contributed by atoms with E-state index in [2.05, 4.69) is 26.3 Å². The zero-order valence-electron chi connectivity index (χ0n) is 16.4. The first-order chi connectivity index (χ1) is 14.7. The van der Waals surface area contributed by atoms with Gasteiger partial charge in [-0.2, -0.15) is 5.26 Å². The van der Waals surface area contributed by atoms with E-state index in [1.54, 1.807) is 11.4 Å². The van der Waals surface area contributed by atoms with E-state index in [1.807, 2.05) is 42.5 Å². The van der Waals surface area contributed by atoms with E-state index < -0.39 is 0 Å². The van der Waals surface area contributed by atoms with Crippen LogP contribution in [-0.4, -0.2) is 20.9 Å². The predicted molar refractivity (Wildman–Crippen MR) is 117 cm³/mol. The molecule has 0 aliphatic carbocycles. The minimum atomic E-state index is -0.215. The first kappa shape index (κ1) is 19.8. The number of aromatic amines is 1. The fourth-order valence-corrected chi connectivity index (χ4v) is 4.09. The van der Waals surface area contributed by atoms with Gasteiger partial charge in [-0.3, -0.25) is 4.79 Å². The van der Waals surface area contributed by atoms with Crippen LogP contribution in [0.4, 0.5) is 0 Å². The van der Waals surface area contributed by atoms with Gasteiger partial charge < -0.3 is 10.3 Å². The van der Waals surface area contributed by atoms with E-state index in [9.17, 15) is 4.79 Å². The SMILES string of the molecule is N#Cc1ccccc1CNC(=O)c1csc(CCCCc2nc3ccccc3[nH]2)n1. The number of carbonyl (C=O) groups is 1. The standard InChI is InChI=1S/C23H21N5OS/c24-13-16-7-1-2-8-17(16)14-25-23(29)20-15-30-22(28-20)12-6-5-11-21-26-18-9-3-4-10-19(18)27-21/h1-4,7-10,15H,5-6,11-12,14H2,(H,25,29)(H,26,27). The van der Waals surface area contributed by atoms with Gasteiger partial charge in [0.25, 0.3) is 5.91 Å². The molecule has 0 bridgehead atoms. The fourth-order valence-electron chi connectivity index (χ4n) is 3.27. The quantitative estimate of drug-likeness (QED) is 0.417. The molecule has 2 heterocycles. The molecule has 0 saturated carbocycles. The van der Waals surface area contributed by atoms with E-state index in [0.717, 1.165) is 53.1 Å². The predicted octanol–water partition coefficient (Wildman–Crippen LogP) is 4.39. The summed E-state index contributed by atoms with van der Waals surface area (Å²) in [6.45, 7) is 0.312. The topological polar surface area (TPSA) is 94.5 Å². The molecule has 1 amide bonds. The second kappa shape index (κ2) is 9.33. The lowest BCUT2D eigenvalue weighted by atomic mass is 10.1. The van der Waals surface area contributed by atoms with Crippen molar-refractivity contribution in [2.75, 3.05) is 0 Å². The smallest absolute Gasteiger partial charge is 0.271 e. The highest BCUT2D eigenvalue weighted by Crippen LogP contribution is 2.16. The summed E-state index contributed by atoms with van der Waals surface area (Å²) in [5, 5.41) is 14.7. The van der Waals surface area contributed by atoms with Gasteiger partial charge in [-0.05, 0) is 43.0 Å². The molecule has 2 N–H and O–H groups in total. The van der Waals surface area contributed by atoms with Crippen molar-refractivity contribution in [1.29, 1.82) is 5.26 Å². The number of para-hydroxylation sites is 2. The molecule has 6 nitrogen and oxygen atoms in total. The number of imidazole rings is 1. The molecule has 0 fully saturated rings. The van der Waals surface area contributed by atoms with E-state index in [1.165, 1.54) is 11.3 Å². The first-order valence-corrected chi connectivity index (χ1v) is 10.7. The molecule has 2 aromatic heterocycles. The summed E-state index contributed by atoms with van der Waals surface area (Å²) in [6, 6.07) is 17.4. The number of thiazole rings is 1. The molecule has 2 aromatic carbocycles. The van der Waals surface area contributed by atoms with Crippen LogP contribution in [0.25, 0.3) is 11.0 Å². The maximum absolute atomic E-state index is 12.4. The molecule has 150 valence electrons. The molecule has 0 radical (unpaired) electrons. The minimum absolute atomic E-state index is 0.215. The lowest BCUT2D eigenvalue weighted by molar-refractivity contribution is 0.0946. The van der Waals surface area contributed by atoms with E-state index in [-0.39, 0.29) is 5.91 Å². The van der Waals surface area contributed by atoms with Crippen molar-refractivity contribution in [3.8, 4) is 6.07 Å². The number of H-pyrrole nitrogens is 1. The van der Waals surface area contributed by atoms with Crippen LogP contribution in [-0.2, 0) is 19.4 Å². The van der Waals surface area contributed by atoms with Crippen LogP contribution in [0.15, 0.2) is 53.9 Å². The van der Waals surface area contributed by atoms with Crippen LogP contribution >= 0.6 is 11.3 Å². The largest absolute Gasteiger partial charge is 0.347 e. The maximum Gasteiger partial charge on any atom is 0.271 e. The van der Waals surface area contributed by atoms with Gasteiger partial charge in [-0.25, -0.2) is 9.97 Å². The molecular formula is C23H21N5OS. The Balaban J connectivity index is 1.24. The Morgan fingerprint density at radius 2 is 1.87 bits per heavy atom. The number of nitriles is 1. The number of benzene rings is 2. The molecule has 0 aliphatic heterocycles. The Morgan fingerprint density at radius 1 is 1.07 bits per heavy atom. The van der Waals surface area contributed by atoms with Crippen LogP contribution in [0.3, 0.4) is 0 Å². The summed E-state index contributed by atoms with van der Waals surface area (Å²) in [6.07, 6.45) is 3.73. The third-order valence-electron chi connectivity index (χ3n) is 4.85. The van der Waals surface area contributed by atoms with Crippen molar-refractivity contribution < 1.29 is 4.79 Å². The molecule has 0 saturated heterocycles. The van der Waals surface area contributed by atoms with Crippen molar-refractivity contribution >= 4 is 28.3 Å². The van der Waals surface area contributed by atoms with Gasteiger partial charge in [0.05, 0.1) is 27.7 Å². The molecule has 0 aliphatic rings. The Kier molecular flexibility index (Phi) is 6.16. The summed E-state index contributed by atoms with van der Waals surface area (Å²) in [5.74, 6) is 0.792. The monoisotopic (exact) mass is 415 g/mol. The summed E-state index contributed by atoms with van der Waals surface area (Å²) in [7, 11) is 0. The highest BCUT2D eigenvalue weighted by Gasteiger charge is 2.11. The number of carbonyl (C=O) groups excluding carboxylic acids is 1. The van der Waals surface area contributed by atoms with E-state index >= 15 is 0 Å². The summed E-state index contributed by atoms with van der Waals surface area (Å²) >= 11 is 1.51. The average molecular weight is 416 g/mol. The van der Waals surface area contributed by atoms with Gasteiger partial charge in [0.15, 0.2) is 0 Å². The van der Waals surface area contributed by atoms with Crippen molar-refractivity contribution in [2.24, 2.45) is 0 Å². The number of hydrogen-bond donors (Lipinski definition) is 2. The molecule has 0 unspecified atom stereocenters.